The van der Waals surface area contributed by atoms with Crippen molar-refractivity contribution in [2.75, 3.05) is 13.2 Å². The highest BCUT2D eigenvalue weighted by Crippen LogP contribution is 2.25. The van der Waals surface area contributed by atoms with E-state index in [1.807, 2.05) is 18.2 Å². The molecule has 1 rings (SSSR count). The van der Waals surface area contributed by atoms with E-state index in [0.717, 1.165) is 32.5 Å². The number of hydrogen-bond donors (Lipinski definition) is 1. The van der Waals surface area contributed by atoms with E-state index in [1.165, 1.54) is 12.0 Å². The molecular weight excluding hydrogens is 210 g/mol. The van der Waals surface area contributed by atoms with E-state index >= 15 is 0 Å². The van der Waals surface area contributed by atoms with Crippen LogP contribution in [0.4, 0.5) is 0 Å². The molecule has 0 spiro atoms. The van der Waals surface area contributed by atoms with Crippen molar-refractivity contribution in [3.05, 3.63) is 35.9 Å². The minimum Gasteiger partial charge on any atom is -0.381 e. The molecule has 0 amide bonds. The minimum absolute atomic E-state index is 0.243. The molecule has 1 aromatic rings. The first kappa shape index (κ1) is 14.2. The van der Waals surface area contributed by atoms with Gasteiger partial charge in [-0.05, 0) is 24.8 Å². The molecule has 17 heavy (non-hydrogen) atoms. The van der Waals surface area contributed by atoms with Crippen LogP contribution < -0.4 is 5.73 Å². The second kappa shape index (κ2) is 7.46. The van der Waals surface area contributed by atoms with Crippen LogP contribution in [-0.2, 0) is 10.3 Å². The fourth-order valence-corrected chi connectivity index (χ4v) is 1.90. The molecule has 0 saturated carbocycles. The Labute approximate surface area is 105 Å². The Kier molecular flexibility index (Phi) is 6.23. The van der Waals surface area contributed by atoms with E-state index in [2.05, 4.69) is 26.0 Å². The van der Waals surface area contributed by atoms with Gasteiger partial charge in [0.2, 0.25) is 0 Å². The monoisotopic (exact) mass is 235 g/mol. The number of benzene rings is 1. The molecule has 0 aliphatic rings. The highest BCUT2D eigenvalue weighted by Gasteiger charge is 2.24. The second-order valence-electron chi connectivity index (χ2n) is 4.59. The molecule has 0 aliphatic carbocycles. The Bertz CT molecular complexity index is 299. The van der Waals surface area contributed by atoms with Crippen LogP contribution in [0.5, 0.6) is 0 Å². The lowest BCUT2D eigenvalue weighted by molar-refractivity contribution is 0.110. The van der Waals surface area contributed by atoms with E-state index in [4.69, 9.17) is 10.5 Å². The molecule has 1 atom stereocenters. The zero-order chi connectivity index (χ0) is 12.6. The van der Waals surface area contributed by atoms with Crippen LogP contribution in [0.25, 0.3) is 0 Å². The van der Waals surface area contributed by atoms with Gasteiger partial charge >= 0.3 is 0 Å². The summed E-state index contributed by atoms with van der Waals surface area (Å²) in [6.07, 6.45) is 4.14. The summed E-state index contributed by atoms with van der Waals surface area (Å²) in [6.45, 7) is 5.91. The summed E-state index contributed by atoms with van der Waals surface area (Å²) in [6, 6.07) is 10.3. The lowest BCUT2D eigenvalue weighted by Gasteiger charge is -2.28. The largest absolute Gasteiger partial charge is 0.381 e. The molecule has 0 saturated heterocycles. The first-order valence-corrected chi connectivity index (χ1v) is 6.65. The van der Waals surface area contributed by atoms with Gasteiger partial charge in [0.05, 0.1) is 0 Å². The molecule has 0 fully saturated rings. The van der Waals surface area contributed by atoms with Crippen LogP contribution in [0, 0.1) is 0 Å². The van der Waals surface area contributed by atoms with Gasteiger partial charge in [-0.1, -0.05) is 50.6 Å². The molecule has 0 heterocycles. The molecule has 0 aromatic heterocycles. The minimum atomic E-state index is -0.243. The topological polar surface area (TPSA) is 35.2 Å². The lowest BCUT2D eigenvalue weighted by Crippen LogP contribution is -2.37. The molecule has 0 aliphatic heterocycles. The zero-order valence-corrected chi connectivity index (χ0v) is 11.1. The van der Waals surface area contributed by atoms with Crippen molar-refractivity contribution in [1.29, 1.82) is 0 Å². The quantitative estimate of drug-likeness (QED) is 0.700. The highest BCUT2D eigenvalue weighted by atomic mass is 16.5. The van der Waals surface area contributed by atoms with Gasteiger partial charge in [-0.2, -0.15) is 0 Å². The van der Waals surface area contributed by atoms with Crippen LogP contribution in [0.15, 0.2) is 30.3 Å². The average molecular weight is 235 g/mol. The first-order valence-electron chi connectivity index (χ1n) is 6.65. The van der Waals surface area contributed by atoms with Crippen molar-refractivity contribution in [3.63, 3.8) is 0 Å². The summed E-state index contributed by atoms with van der Waals surface area (Å²) in [7, 11) is 0. The van der Waals surface area contributed by atoms with Gasteiger partial charge in [0.15, 0.2) is 0 Å². The van der Waals surface area contributed by atoms with Gasteiger partial charge < -0.3 is 10.5 Å². The fraction of sp³-hybridized carbons (Fsp3) is 0.600. The standard InChI is InChI=1S/C15H25NO/c1-3-5-12-17-13-11-15(16,4-2)14-9-7-6-8-10-14/h6-10H,3-5,11-13,16H2,1-2H3. The van der Waals surface area contributed by atoms with Crippen molar-refractivity contribution in [2.24, 2.45) is 5.73 Å². The van der Waals surface area contributed by atoms with Crippen molar-refractivity contribution in [3.8, 4) is 0 Å². The van der Waals surface area contributed by atoms with Crippen LogP contribution in [0.1, 0.15) is 45.1 Å². The van der Waals surface area contributed by atoms with Crippen LogP contribution >= 0.6 is 0 Å². The van der Waals surface area contributed by atoms with Crippen molar-refractivity contribution < 1.29 is 4.74 Å². The van der Waals surface area contributed by atoms with E-state index in [1.54, 1.807) is 0 Å². The Balaban J connectivity index is 2.46. The van der Waals surface area contributed by atoms with Crippen LogP contribution in [-0.4, -0.2) is 13.2 Å². The molecule has 1 aromatic carbocycles. The van der Waals surface area contributed by atoms with E-state index < -0.39 is 0 Å². The maximum absolute atomic E-state index is 6.45. The molecule has 0 radical (unpaired) electrons. The molecule has 96 valence electrons. The predicted octanol–water partition coefficient (Wildman–Crippen LogP) is 3.46. The summed E-state index contributed by atoms with van der Waals surface area (Å²) in [5.41, 5.74) is 7.42. The molecular formula is C15H25NO. The summed E-state index contributed by atoms with van der Waals surface area (Å²) in [5, 5.41) is 0. The lowest BCUT2D eigenvalue weighted by atomic mass is 9.85. The summed E-state index contributed by atoms with van der Waals surface area (Å²) in [5.74, 6) is 0. The van der Waals surface area contributed by atoms with Crippen LogP contribution in [0.2, 0.25) is 0 Å². The summed E-state index contributed by atoms with van der Waals surface area (Å²) >= 11 is 0. The number of unbranched alkanes of at least 4 members (excludes halogenated alkanes) is 1. The van der Waals surface area contributed by atoms with Gasteiger partial charge in [-0.15, -0.1) is 0 Å². The Morgan fingerprint density at radius 1 is 1.12 bits per heavy atom. The number of rotatable bonds is 8. The third-order valence-corrected chi connectivity index (χ3v) is 3.31. The Morgan fingerprint density at radius 3 is 2.41 bits per heavy atom. The van der Waals surface area contributed by atoms with Crippen LogP contribution in [0.3, 0.4) is 0 Å². The third-order valence-electron chi connectivity index (χ3n) is 3.31. The van der Waals surface area contributed by atoms with Crippen molar-refractivity contribution in [1.82, 2.24) is 0 Å². The first-order chi connectivity index (χ1) is 8.23. The number of ether oxygens (including phenoxy) is 1. The predicted molar refractivity (Wildman–Crippen MR) is 72.9 cm³/mol. The molecule has 2 nitrogen and oxygen atoms in total. The summed E-state index contributed by atoms with van der Waals surface area (Å²) in [4.78, 5) is 0. The van der Waals surface area contributed by atoms with Gasteiger partial charge in [0.25, 0.3) is 0 Å². The van der Waals surface area contributed by atoms with Gasteiger partial charge in [0, 0.05) is 18.8 Å². The van der Waals surface area contributed by atoms with Gasteiger partial charge in [0.1, 0.15) is 0 Å². The fourth-order valence-electron chi connectivity index (χ4n) is 1.90. The number of nitrogens with two attached hydrogens (primary N) is 1. The molecule has 2 heteroatoms. The molecule has 0 bridgehead atoms. The highest BCUT2D eigenvalue weighted by molar-refractivity contribution is 5.23. The molecule has 1 unspecified atom stereocenters. The van der Waals surface area contributed by atoms with Gasteiger partial charge in [-0.3, -0.25) is 0 Å². The smallest absolute Gasteiger partial charge is 0.0486 e. The Hall–Kier alpha value is -0.860. The summed E-state index contributed by atoms with van der Waals surface area (Å²) < 4.78 is 5.61. The van der Waals surface area contributed by atoms with E-state index in [9.17, 15) is 0 Å². The maximum Gasteiger partial charge on any atom is 0.0486 e. The van der Waals surface area contributed by atoms with E-state index in [-0.39, 0.29) is 5.54 Å². The van der Waals surface area contributed by atoms with Crippen molar-refractivity contribution in [2.45, 2.75) is 45.1 Å². The maximum atomic E-state index is 6.45. The molecule has 2 N–H and O–H groups in total. The average Bonchev–Trinajstić information content (AvgIpc) is 2.39. The Morgan fingerprint density at radius 2 is 1.82 bits per heavy atom. The third kappa shape index (κ3) is 4.49. The SMILES string of the molecule is CCCCOCCC(N)(CC)c1ccccc1. The number of hydrogen-bond acceptors (Lipinski definition) is 2. The zero-order valence-electron chi connectivity index (χ0n) is 11.1. The normalized spacial score (nSPS) is 14.5. The van der Waals surface area contributed by atoms with Crippen molar-refractivity contribution >= 4 is 0 Å². The van der Waals surface area contributed by atoms with Gasteiger partial charge in [-0.25, -0.2) is 0 Å². The second-order valence-corrected chi connectivity index (χ2v) is 4.59. The van der Waals surface area contributed by atoms with E-state index in [0.29, 0.717) is 0 Å².